The summed E-state index contributed by atoms with van der Waals surface area (Å²) in [5, 5.41) is 9.40. The number of hydrogen-bond donors (Lipinski definition) is 1. The van der Waals surface area contributed by atoms with Gasteiger partial charge < -0.3 is 5.11 Å². The van der Waals surface area contributed by atoms with Gasteiger partial charge in [-0.3, -0.25) is 0 Å². The molecule has 0 heterocycles. The molecule has 0 aromatic heterocycles. The Bertz CT molecular complexity index is 912. The fraction of sp³-hybridized carbons (Fsp3) is 0.630. The lowest BCUT2D eigenvalue weighted by Gasteiger charge is -2.34. The Hall–Kier alpha value is -1.76. The predicted molar refractivity (Wildman–Crippen MR) is 120 cm³/mol. The molecule has 3 fully saturated rings. The summed E-state index contributed by atoms with van der Waals surface area (Å²) < 4.78 is 77.9. The lowest BCUT2D eigenvalue weighted by atomic mass is 9.71. The molecule has 2 atom stereocenters. The van der Waals surface area contributed by atoms with Crippen LogP contribution in [0, 0.1) is 17.3 Å². The number of aliphatic hydroxyl groups is 1. The van der Waals surface area contributed by atoms with E-state index in [1.807, 2.05) is 0 Å². The molecule has 4 aliphatic carbocycles. The lowest BCUT2D eigenvalue weighted by Crippen LogP contribution is -2.55. The molecular weight excluding hydrogens is 454 g/mol. The topological polar surface area (TPSA) is 20.2 Å². The average molecular weight is 487 g/mol. The normalized spacial score (nSPS) is 30.2. The fourth-order valence-corrected chi connectivity index (χ4v) is 6.05. The first kappa shape index (κ1) is 25.3. The van der Waals surface area contributed by atoms with Gasteiger partial charge in [0.15, 0.2) is 0 Å². The van der Waals surface area contributed by atoms with Gasteiger partial charge in [-0.15, -0.1) is 0 Å². The predicted octanol–water partition coefficient (Wildman–Crippen LogP) is 8.30. The largest absolute Gasteiger partial charge is 0.429 e. The van der Waals surface area contributed by atoms with Crippen LogP contribution in [0.3, 0.4) is 0 Å². The molecule has 0 radical (unpaired) electrons. The van der Waals surface area contributed by atoms with Crippen LogP contribution in [0.25, 0.3) is 0 Å². The number of allylic oxidation sites excluding steroid dienone is 8. The van der Waals surface area contributed by atoms with Crippen LogP contribution in [-0.4, -0.2) is 23.1 Å². The molecule has 0 bridgehead atoms. The van der Waals surface area contributed by atoms with Crippen LogP contribution in [0.4, 0.5) is 26.3 Å². The van der Waals surface area contributed by atoms with E-state index in [1.165, 1.54) is 35.1 Å². The molecule has 3 saturated carbocycles. The van der Waals surface area contributed by atoms with Gasteiger partial charge in [-0.2, -0.15) is 26.3 Å². The number of fused-ring (bicyclic) bond motifs is 1. The molecular formula is C27H32F6O. The minimum atomic E-state index is -5.82. The third-order valence-electron chi connectivity index (χ3n) is 8.26. The van der Waals surface area contributed by atoms with Crippen LogP contribution in [0.15, 0.2) is 59.3 Å². The average Bonchev–Trinajstić information content (AvgIpc) is 3.40. The highest BCUT2D eigenvalue weighted by molar-refractivity contribution is 5.38. The van der Waals surface area contributed by atoms with Crippen LogP contribution in [0.2, 0.25) is 0 Å². The van der Waals surface area contributed by atoms with E-state index in [0.717, 1.165) is 57.4 Å². The van der Waals surface area contributed by atoms with Crippen LogP contribution in [0.1, 0.15) is 70.6 Å². The van der Waals surface area contributed by atoms with E-state index in [-0.39, 0.29) is 17.9 Å². The highest BCUT2D eigenvalue weighted by Crippen LogP contribution is 2.62. The zero-order chi connectivity index (χ0) is 24.8. The van der Waals surface area contributed by atoms with Crippen molar-refractivity contribution in [1.82, 2.24) is 0 Å². The standard InChI is InChI=1S/C27H32F6O/c1-18-6-2-3-7-19(18)10-11-20-8-4-9-22-21(20)12-13-23(22)24(16-17-24)14-5-15-25(34,26(28,29)30)27(31,32)33/h5,10-11,13,15,21-22,34H,1-4,6-9,12,14,16-17H2/b15-5-,19-10-,20-11+. The van der Waals surface area contributed by atoms with Gasteiger partial charge in [0.1, 0.15) is 0 Å². The minimum Gasteiger partial charge on any atom is -0.370 e. The van der Waals surface area contributed by atoms with Crippen molar-refractivity contribution in [3.8, 4) is 0 Å². The second-order valence-electron chi connectivity index (χ2n) is 10.4. The monoisotopic (exact) mass is 486 g/mol. The van der Waals surface area contributed by atoms with Crippen molar-refractivity contribution in [3.63, 3.8) is 0 Å². The third kappa shape index (κ3) is 4.69. The van der Waals surface area contributed by atoms with Crippen molar-refractivity contribution in [2.24, 2.45) is 17.3 Å². The summed E-state index contributed by atoms with van der Waals surface area (Å²) in [6.07, 6.45) is 5.76. The van der Waals surface area contributed by atoms with Crippen molar-refractivity contribution in [2.75, 3.05) is 0 Å². The van der Waals surface area contributed by atoms with Crippen molar-refractivity contribution in [2.45, 2.75) is 88.6 Å². The van der Waals surface area contributed by atoms with E-state index in [1.54, 1.807) is 0 Å². The molecule has 0 aliphatic heterocycles. The molecule has 0 aromatic carbocycles. The summed E-state index contributed by atoms with van der Waals surface area (Å²) in [6, 6.07) is 0. The minimum absolute atomic E-state index is 0.0828. The smallest absolute Gasteiger partial charge is 0.370 e. The van der Waals surface area contributed by atoms with Crippen molar-refractivity contribution in [1.29, 1.82) is 0 Å². The zero-order valence-corrected chi connectivity index (χ0v) is 19.2. The molecule has 2 unspecified atom stereocenters. The number of rotatable bonds is 5. The molecule has 188 valence electrons. The molecule has 34 heavy (non-hydrogen) atoms. The SMILES string of the molecule is C=C1CCCC/C1=C/C=C1\CCCC2C(C3(C/C=C\C(O)(C(F)(F)F)C(F)(F)F)CC3)=CCC12. The van der Waals surface area contributed by atoms with E-state index in [9.17, 15) is 31.4 Å². The van der Waals surface area contributed by atoms with E-state index >= 15 is 0 Å². The van der Waals surface area contributed by atoms with Crippen LogP contribution in [0.5, 0.6) is 0 Å². The number of halogens is 6. The molecule has 0 spiro atoms. The molecule has 0 saturated heterocycles. The molecule has 4 rings (SSSR count). The molecule has 0 aromatic rings. The summed E-state index contributed by atoms with van der Waals surface area (Å²) in [5.74, 6) is 0.661. The van der Waals surface area contributed by atoms with Crippen molar-refractivity contribution >= 4 is 0 Å². The van der Waals surface area contributed by atoms with Gasteiger partial charge in [0, 0.05) is 0 Å². The second kappa shape index (κ2) is 9.03. The van der Waals surface area contributed by atoms with Gasteiger partial charge in [0.05, 0.1) is 0 Å². The summed E-state index contributed by atoms with van der Waals surface area (Å²) >= 11 is 0. The first-order valence-electron chi connectivity index (χ1n) is 12.2. The maximum absolute atomic E-state index is 13.0. The van der Waals surface area contributed by atoms with Gasteiger partial charge in [0.2, 0.25) is 0 Å². The van der Waals surface area contributed by atoms with E-state index in [2.05, 4.69) is 24.8 Å². The lowest BCUT2D eigenvalue weighted by molar-refractivity contribution is -0.347. The molecule has 0 amide bonds. The Labute approximate surface area is 197 Å². The zero-order valence-electron chi connectivity index (χ0n) is 19.2. The maximum Gasteiger partial charge on any atom is 0.429 e. The van der Waals surface area contributed by atoms with E-state index < -0.39 is 18.0 Å². The Morgan fingerprint density at radius 1 is 0.941 bits per heavy atom. The van der Waals surface area contributed by atoms with Crippen LogP contribution in [-0.2, 0) is 0 Å². The van der Waals surface area contributed by atoms with E-state index in [4.69, 9.17) is 0 Å². The third-order valence-corrected chi connectivity index (χ3v) is 8.26. The highest BCUT2D eigenvalue weighted by atomic mass is 19.4. The highest BCUT2D eigenvalue weighted by Gasteiger charge is 2.69. The van der Waals surface area contributed by atoms with Crippen molar-refractivity contribution in [3.05, 3.63) is 59.3 Å². The van der Waals surface area contributed by atoms with Crippen LogP contribution >= 0.6 is 0 Å². The van der Waals surface area contributed by atoms with Gasteiger partial charge in [-0.05, 0) is 99.5 Å². The molecule has 7 heteroatoms. The second-order valence-corrected chi connectivity index (χ2v) is 10.4. The summed E-state index contributed by atoms with van der Waals surface area (Å²) in [5.41, 5.74) is -0.0693. The molecule has 1 N–H and O–H groups in total. The molecule has 1 nitrogen and oxygen atoms in total. The van der Waals surface area contributed by atoms with Crippen molar-refractivity contribution < 1.29 is 31.4 Å². The van der Waals surface area contributed by atoms with Gasteiger partial charge >= 0.3 is 12.4 Å². The van der Waals surface area contributed by atoms with Gasteiger partial charge in [-0.25, -0.2) is 0 Å². The van der Waals surface area contributed by atoms with Gasteiger partial charge in [-0.1, -0.05) is 47.6 Å². The first-order valence-corrected chi connectivity index (χ1v) is 12.2. The number of alkyl halides is 6. The Kier molecular flexibility index (Phi) is 6.73. The summed E-state index contributed by atoms with van der Waals surface area (Å²) in [7, 11) is 0. The Balaban J connectivity index is 1.47. The Morgan fingerprint density at radius 2 is 1.62 bits per heavy atom. The maximum atomic E-state index is 13.0. The number of hydrogen-bond acceptors (Lipinski definition) is 1. The van der Waals surface area contributed by atoms with Crippen LogP contribution < -0.4 is 0 Å². The summed E-state index contributed by atoms with van der Waals surface area (Å²) in [6.45, 7) is 4.18. The molecule has 4 aliphatic rings. The first-order chi connectivity index (χ1) is 15.9. The fourth-order valence-electron chi connectivity index (χ4n) is 6.05. The van der Waals surface area contributed by atoms with Gasteiger partial charge in [0.25, 0.3) is 5.60 Å². The Morgan fingerprint density at radius 3 is 2.24 bits per heavy atom. The van der Waals surface area contributed by atoms with E-state index in [0.29, 0.717) is 11.8 Å². The summed E-state index contributed by atoms with van der Waals surface area (Å²) in [4.78, 5) is 0. The quantitative estimate of drug-likeness (QED) is 0.306.